The zero-order chi connectivity index (χ0) is 17.7. The first-order chi connectivity index (χ1) is 11.4. The average Bonchev–Trinajstić information content (AvgIpc) is 2.52. The highest BCUT2D eigenvalue weighted by molar-refractivity contribution is 9.11. The van der Waals surface area contributed by atoms with Crippen molar-refractivity contribution in [2.24, 2.45) is 0 Å². The zero-order valence-corrected chi connectivity index (χ0v) is 17.4. The molecule has 4 nitrogen and oxygen atoms in total. The fraction of sp³-hybridized carbons (Fsp3) is 0.176. The van der Waals surface area contributed by atoms with Crippen LogP contribution >= 0.6 is 47.8 Å². The molecule has 1 atom stereocenters. The zero-order valence-electron chi connectivity index (χ0n) is 12.7. The van der Waals surface area contributed by atoms with Crippen LogP contribution in [0.4, 0.5) is 0 Å². The number of nitrogens with one attached hydrogen (secondary N) is 1. The summed E-state index contributed by atoms with van der Waals surface area (Å²) in [4.78, 5) is 24.5. The van der Waals surface area contributed by atoms with Gasteiger partial charge in [-0.2, -0.15) is 0 Å². The molecule has 0 aromatic heterocycles. The fourth-order valence-corrected chi connectivity index (χ4v) is 3.90. The van der Waals surface area contributed by atoms with E-state index in [1.54, 1.807) is 12.1 Å². The first-order valence-corrected chi connectivity index (χ1v) is 9.36. The Morgan fingerprint density at radius 2 is 1.71 bits per heavy atom. The number of carbonyl (C=O) groups excluding carboxylic acids is 2. The molecule has 2 aromatic rings. The monoisotopic (exact) mass is 517 g/mol. The van der Waals surface area contributed by atoms with Crippen LogP contribution in [-0.4, -0.2) is 25.0 Å². The molecule has 1 N–H and O–H groups in total. The number of rotatable bonds is 5. The van der Waals surface area contributed by atoms with Gasteiger partial charge in [0.05, 0.1) is 7.11 Å². The van der Waals surface area contributed by atoms with E-state index >= 15 is 0 Å². The third kappa shape index (κ3) is 5.43. The molecule has 0 aliphatic heterocycles. The summed E-state index contributed by atoms with van der Waals surface area (Å²) in [6.45, 7) is 0. The summed E-state index contributed by atoms with van der Waals surface area (Å²) >= 11 is 10.1. The molecule has 126 valence electrons. The Labute approximate surface area is 165 Å². The molecule has 0 unspecified atom stereocenters. The molecule has 0 saturated carbocycles. The molecule has 0 bridgehead atoms. The van der Waals surface area contributed by atoms with E-state index in [4.69, 9.17) is 4.74 Å². The normalized spacial score (nSPS) is 11.7. The number of esters is 1. The van der Waals surface area contributed by atoms with Crippen LogP contribution in [-0.2, 0) is 16.0 Å². The Kier molecular flexibility index (Phi) is 7.01. The molecule has 7 heteroatoms. The smallest absolute Gasteiger partial charge is 0.328 e. The summed E-state index contributed by atoms with van der Waals surface area (Å²) in [5.41, 5.74) is 1.36. The summed E-state index contributed by atoms with van der Waals surface area (Å²) in [6, 6.07) is 12.0. The lowest BCUT2D eigenvalue weighted by atomic mass is 10.1. The van der Waals surface area contributed by atoms with Crippen LogP contribution in [0.25, 0.3) is 0 Å². The average molecular weight is 520 g/mol. The largest absolute Gasteiger partial charge is 0.467 e. The SMILES string of the molecule is COC(=O)[C@H](Cc1cccc(Br)c1)NC(=O)c1cc(Br)cc(Br)c1. The second-order valence-electron chi connectivity index (χ2n) is 5.04. The van der Waals surface area contributed by atoms with Crippen LogP contribution < -0.4 is 5.32 Å². The molecule has 0 spiro atoms. The van der Waals surface area contributed by atoms with E-state index in [-0.39, 0.29) is 5.91 Å². The van der Waals surface area contributed by atoms with E-state index in [2.05, 4.69) is 53.1 Å². The van der Waals surface area contributed by atoms with E-state index < -0.39 is 12.0 Å². The predicted octanol–water partition coefficient (Wildman–Crippen LogP) is 4.49. The summed E-state index contributed by atoms with van der Waals surface area (Å²) in [7, 11) is 1.30. The van der Waals surface area contributed by atoms with Crippen LogP contribution in [0.3, 0.4) is 0 Å². The molecule has 0 saturated heterocycles. The summed E-state index contributed by atoms with van der Waals surface area (Å²) in [6.07, 6.45) is 0.340. The van der Waals surface area contributed by atoms with Gasteiger partial charge in [-0.15, -0.1) is 0 Å². The van der Waals surface area contributed by atoms with Crippen molar-refractivity contribution in [2.45, 2.75) is 12.5 Å². The maximum atomic E-state index is 12.5. The Morgan fingerprint density at radius 3 is 2.29 bits per heavy atom. The topological polar surface area (TPSA) is 55.4 Å². The van der Waals surface area contributed by atoms with Gasteiger partial charge in [-0.05, 0) is 35.9 Å². The molecular weight excluding hydrogens is 506 g/mol. The van der Waals surface area contributed by atoms with Gasteiger partial charge in [-0.1, -0.05) is 59.9 Å². The quantitative estimate of drug-likeness (QED) is 0.592. The lowest BCUT2D eigenvalue weighted by Gasteiger charge is -2.17. The number of carbonyl (C=O) groups is 2. The molecule has 2 aromatic carbocycles. The Hall–Kier alpha value is -1.18. The molecular formula is C17H14Br3NO3. The first kappa shape index (κ1) is 19.1. The summed E-state index contributed by atoms with van der Waals surface area (Å²) in [5, 5.41) is 2.74. The van der Waals surface area contributed by atoms with Crippen molar-refractivity contribution in [1.29, 1.82) is 0 Å². The maximum Gasteiger partial charge on any atom is 0.328 e. The molecule has 0 aliphatic carbocycles. The van der Waals surface area contributed by atoms with Gasteiger partial charge in [0, 0.05) is 25.4 Å². The predicted molar refractivity (Wildman–Crippen MR) is 103 cm³/mol. The van der Waals surface area contributed by atoms with Crippen LogP contribution in [0.1, 0.15) is 15.9 Å². The van der Waals surface area contributed by atoms with E-state index in [1.807, 2.05) is 30.3 Å². The highest BCUT2D eigenvalue weighted by Gasteiger charge is 2.23. The van der Waals surface area contributed by atoms with Crippen molar-refractivity contribution in [3.8, 4) is 0 Å². The number of amides is 1. The Bertz CT molecular complexity index is 744. The minimum absolute atomic E-state index is 0.340. The fourth-order valence-electron chi connectivity index (χ4n) is 2.16. The first-order valence-electron chi connectivity index (χ1n) is 6.98. The number of hydrogen-bond acceptors (Lipinski definition) is 3. The van der Waals surface area contributed by atoms with Gasteiger partial charge in [0.15, 0.2) is 0 Å². The van der Waals surface area contributed by atoms with Crippen molar-refractivity contribution in [3.05, 3.63) is 67.0 Å². The number of halogens is 3. The van der Waals surface area contributed by atoms with Crippen molar-refractivity contribution in [2.75, 3.05) is 7.11 Å². The lowest BCUT2D eigenvalue weighted by molar-refractivity contribution is -0.142. The molecule has 24 heavy (non-hydrogen) atoms. The molecule has 0 aliphatic rings. The van der Waals surface area contributed by atoms with Crippen molar-refractivity contribution in [3.63, 3.8) is 0 Å². The Morgan fingerprint density at radius 1 is 1.04 bits per heavy atom. The standard InChI is InChI=1S/C17H14Br3NO3/c1-24-17(23)15(6-10-3-2-4-12(18)5-10)21-16(22)11-7-13(19)9-14(20)8-11/h2-5,7-9,15H,6H2,1H3,(H,21,22)/t15-/m0/s1. The molecule has 1 amide bonds. The summed E-state index contributed by atoms with van der Waals surface area (Å²) < 4.78 is 7.26. The summed E-state index contributed by atoms with van der Waals surface area (Å²) in [5.74, 6) is -0.834. The van der Waals surface area contributed by atoms with Crippen molar-refractivity contribution >= 4 is 59.7 Å². The van der Waals surface area contributed by atoms with Gasteiger partial charge in [0.25, 0.3) is 5.91 Å². The van der Waals surface area contributed by atoms with Gasteiger partial charge in [0.2, 0.25) is 0 Å². The third-order valence-corrected chi connectivity index (χ3v) is 4.65. The second kappa shape index (κ2) is 8.78. The van der Waals surface area contributed by atoms with Crippen LogP contribution in [0.5, 0.6) is 0 Å². The number of methoxy groups -OCH3 is 1. The minimum atomic E-state index is -0.769. The van der Waals surface area contributed by atoms with Gasteiger partial charge >= 0.3 is 5.97 Å². The van der Waals surface area contributed by atoms with Crippen LogP contribution in [0.15, 0.2) is 55.9 Å². The Balaban J connectivity index is 2.19. The van der Waals surface area contributed by atoms with Crippen molar-refractivity contribution in [1.82, 2.24) is 5.32 Å². The molecule has 2 rings (SSSR count). The van der Waals surface area contributed by atoms with Gasteiger partial charge in [-0.3, -0.25) is 4.79 Å². The van der Waals surface area contributed by atoms with E-state index in [9.17, 15) is 9.59 Å². The third-order valence-electron chi connectivity index (χ3n) is 3.24. The molecule has 0 radical (unpaired) electrons. The van der Waals surface area contributed by atoms with Gasteiger partial charge < -0.3 is 10.1 Å². The molecule has 0 fully saturated rings. The van der Waals surface area contributed by atoms with E-state index in [0.717, 1.165) is 19.0 Å². The van der Waals surface area contributed by atoms with Crippen molar-refractivity contribution < 1.29 is 14.3 Å². The maximum absolute atomic E-state index is 12.5. The number of benzene rings is 2. The lowest BCUT2D eigenvalue weighted by Crippen LogP contribution is -2.43. The number of ether oxygens (including phenoxy) is 1. The van der Waals surface area contributed by atoms with Crippen LogP contribution in [0, 0.1) is 0 Å². The number of hydrogen-bond donors (Lipinski definition) is 1. The van der Waals surface area contributed by atoms with Gasteiger partial charge in [0.1, 0.15) is 6.04 Å². The van der Waals surface area contributed by atoms with Gasteiger partial charge in [-0.25, -0.2) is 4.79 Å². The highest BCUT2D eigenvalue weighted by Crippen LogP contribution is 2.20. The van der Waals surface area contributed by atoms with Crippen LogP contribution in [0.2, 0.25) is 0 Å². The highest BCUT2D eigenvalue weighted by atomic mass is 79.9. The van der Waals surface area contributed by atoms with E-state index in [1.165, 1.54) is 7.11 Å². The second-order valence-corrected chi connectivity index (χ2v) is 7.79. The minimum Gasteiger partial charge on any atom is -0.467 e. The van der Waals surface area contributed by atoms with E-state index in [0.29, 0.717) is 12.0 Å². The molecule has 0 heterocycles.